The molecule has 0 spiro atoms. The summed E-state index contributed by atoms with van der Waals surface area (Å²) in [6.07, 6.45) is 1.75. The van der Waals surface area contributed by atoms with Crippen LogP contribution >= 0.6 is 23.1 Å². The van der Waals surface area contributed by atoms with Crippen LogP contribution in [-0.4, -0.2) is 22.2 Å². The van der Waals surface area contributed by atoms with Crippen molar-refractivity contribution in [1.82, 2.24) is 10.3 Å². The minimum Gasteiger partial charge on any atom is -0.353 e. The van der Waals surface area contributed by atoms with Crippen LogP contribution in [0.2, 0.25) is 0 Å². The first-order valence-electron chi connectivity index (χ1n) is 4.46. The maximum absolute atomic E-state index is 11.5. The lowest BCUT2D eigenvalue weighted by atomic mass is 10.3. The van der Waals surface area contributed by atoms with Gasteiger partial charge in [-0.3, -0.25) is 4.79 Å². The molecule has 1 unspecified atom stereocenters. The van der Waals surface area contributed by atoms with E-state index < -0.39 is 0 Å². The number of carbonyl (C=O) groups is 1. The van der Waals surface area contributed by atoms with Crippen molar-refractivity contribution in [2.24, 2.45) is 0 Å². The van der Waals surface area contributed by atoms with Gasteiger partial charge in [-0.25, -0.2) is 4.98 Å². The van der Waals surface area contributed by atoms with Crippen LogP contribution in [0.3, 0.4) is 0 Å². The fourth-order valence-corrected chi connectivity index (χ4v) is 2.66. The Labute approximate surface area is 92.3 Å². The fraction of sp³-hybridized carbons (Fsp3) is 0.556. The summed E-state index contributed by atoms with van der Waals surface area (Å²) in [4.78, 5) is 15.6. The smallest absolute Gasteiger partial charge is 0.233 e. The summed E-state index contributed by atoms with van der Waals surface area (Å²) in [5, 5.41) is 4.70. The Morgan fingerprint density at radius 3 is 2.79 bits per heavy atom. The van der Waals surface area contributed by atoms with Gasteiger partial charge < -0.3 is 5.32 Å². The molecule has 1 N–H and O–H groups in total. The molecule has 1 amide bonds. The van der Waals surface area contributed by atoms with E-state index in [1.54, 1.807) is 17.5 Å². The highest BCUT2D eigenvalue weighted by Gasteiger charge is 2.15. The van der Waals surface area contributed by atoms with E-state index in [0.29, 0.717) is 0 Å². The lowest BCUT2D eigenvalue weighted by Crippen LogP contribution is -2.35. The van der Waals surface area contributed by atoms with Gasteiger partial charge in [-0.1, -0.05) is 11.8 Å². The van der Waals surface area contributed by atoms with Gasteiger partial charge in [0.25, 0.3) is 0 Å². The van der Waals surface area contributed by atoms with E-state index in [1.165, 1.54) is 11.8 Å². The van der Waals surface area contributed by atoms with Gasteiger partial charge in [0.05, 0.1) is 5.25 Å². The molecular formula is C9H14N2OS2. The topological polar surface area (TPSA) is 42.0 Å². The number of rotatable bonds is 4. The predicted molar refractivity (Wildman–Crippen MR) is 60.7 cm³/mol. The Morgan fingerprint density at radius 1 is 1.57 bits per heavy atom. The maximum Gasteiger partial charge on any atom is 0.233 e. The summed E-state index contributed by atoms with van der Waals surface area (Å²) in [6.45, 7) is 5.81. The molecule has 0 saturated heterocycles. The minimum absolute atomic E-state index is 0.0696. The highest BCUT2D eigenvalue weighted by Crippen LogP contribution is 2.24. The van der Waals surface area contributed by atoms with Crippen LogP contribution in [0.5, 0.6) is 0 Å². The quantitative estimate of drug-likeness (QED) is 0.806. The van der Waals surface area contributed by atoms with Crippen LogP contribution in [0.25, 0.3) is 0 Å². The molecule has 0 aromatic carbocycles. The molecule has 5 heteroatoms. The Bertz CT molecular complexity index is 285. The van der Waals surface area contributed by atoms with Crippen LogP contribution in [0.15, 0.2) is 15.9 Å². The minimum atomic E-state index is -0.0800. The first-order chi connectivity index (χ1) is 6.59. The standard InChI is InChI=1S/C9H14N2OS2/c1-6(2)11-8(12)7(3)14-9-10-4-5-13-9/h4-7H,1-3H3,(H,11,12). The molecular weight excluding hydrogens is 216 g/mol. The van der Waals surface area contributed by atoms with Gasteiger partial charge >= 0.3 is 0 Å². The van der Waals surface area contributed by atoms with Crippen LogP contribution in [-0.2, 0) is 4.79 Å². The van der Waals surface area contributed by atoms with E-state index in [1.807, 2.05) is 26.2 Å². The van der Waals surface area contributed by atoms with Crippen LogP contribution in [0.1, 0.15) is 20.8 Å². The van der Waals surface area contributed by atoms with E-state index in [-0.39, 0.29) is 17.2 Å². The van der Waals surface area contributed by atoms with Crippen molar-refractivity contribution in [3.05, 3.63) is 11.6 Å². The summed E-state index contributed by atoms with van der Waals surface area (Å²) >= 11 is 3.06. The monoisotopic (exact) mass is 230 g/mol. The van der Waals surface area contributed by atoms with Gasteiger partial charge in [0.1, 0.15) is 0 Å². The van der Waals surface area contributed by atoms with Crippen molar-refractivity contribution in [3.63, 3.8) is 0 Å². The molecule has 1 aromatic heterocycles. The zero-order valence-electron chi connectivity index (χ0n) is 8.48. The number of nitrogens with one attached hydrogen (secondary N) is 1. The fourth-order valence-electron chi connectivity index (χ4n) is 0.875. The van der Waals surface area contributed by atoms with Gasteiger partial charge in [-0.15, -0.1) is 11.3 Å². The van der Waals surface area contributed by atoms with E-state index in [0.717, 1.165) is 4.34 Å². The Kier molecular flexibility index (Phi) is 4.41. The van der Waals surface area contributed by atoms with Crippen molar-refractivity contribution in [2.75, 3.05) is 0 Å². The van der Waals surface area contributed by atoms with E-state index >= 15 is 0 Å². The van der Waals surface area contributed by atoms with Crippen LogP contribution in [0.4, 0.5) is 0 Å². The molecule has 0 aliphatic heterocycles. The van der Waals surface area contributed by atoms with E-state index in [2.05, 4.69) is 10.3 Å². The van der Waals surface area contributed by atoms with Gasteiger partial charge in [0.2, 0.25) is 5.91 Å². The molecule has 0 aliphatic rings. The van der Waals surface area contributed by atoms with Crippen molar-refractivity contribution >= 4 is 29.0 Å². The number of carbonyl (C=O) groups excluding carboxylic acids is 1. The zero-order chi connectivity index (χ0) is 10.6. The first kappa shape index (κ1) is 11.5. The molecule has 1 rings (SSSR count). The molecule has 78 valence electrons. The molecule has 3 nitrogen and oxygen atoms in total. The Hall–Kier alpha value is -0.550. The second kappa shape index (κ2) is 5.36. The highest BCUT2D eigenvalue weighted by molar-refractivity contribution is 8.02. The average Bonchev–Trinajstić information content (AvgIpc) is 2.55. The van der Waals surface area contributed by atoms with Crippen molar-refractivity contribution in [1.29, 1.82) is 0 Å². The molecule has 0 fully saturated rings. The largest absolute Gasteiger partial charge is 0.353 e. The number of thiazole rings is 1. The van der Waals surface area contributed by atoms with Gasteiger partial charge in [0, 0.05) is 17.6 Å². The predicted octanol–water partition coefficient (Wildman–Crippen LogP) is 2.15. The first-order valence-corrected chi connectivity index (χ1v) is 6.22. The molecule has 1 heterocycles. The summed E-state index contributed by atoms with van der Waals surface area (Å²) in [5.41, 5.74) is 0. The lowest BCUT2D eigenvalue weighted by molar-refractivity contribution is -0.120. The third kappa shape index (κ3) is 3.67. The summed E-state index contributed by atoms with van der Waals surface area (Å²) in [6, 6.07) is 0.196. The van der Waals surface area contributed by atoms with Crippen molar-refractivity contribution in [3.8, 4) is 0 Å². The number of nitrogens with zero attached hydrogens (tertiary/aromatic N) is 1. The number of amides is 1. The molecule has 1 aromatic rings. The second-order valence-corrected chi connectivity index (χ2v) is 5.70. The Morgan fingerprint density at radius 2 is 2.29 bits per heavy atom. The molecule has 0 bridgehead atoms. The molecule has 0 saturated carbocycles. The van der Waals surface area contributed by atoms with E-state index in [4.69, 9.17) is 0 Å². The molecule has 1 atom stereocenters. The zero-order valence-corrected chi connectivity index (χ0v) is 10.1. The molecule has 14 heavy (non-hydrogen) atoms. The number of aromatic nitrogens is 1. The number of thioether (sulfide) groups is 1. The summed E-state index contributed by atoms with van der Waals surface area (Å²) in [7, 11) is 0. The SMILES string of the molecule is CC(C)NC(=O)C(C)Sc1nccs1. The number of hydrogen-bond acceptors (Lipinski definition) is 4. The number of hydrogen-bond donors (Lipinski definition) is 1. The van der Waals surface area contributed by atoms with E-state index in [9.17, 15) is 4.79 Å². The third-order valence-corrected chi connectivity index (χ3v) is 3.50. The van der Waals surface area contributed by atoms with Crippen LogP contribution in [0, 0.1) is 0 Å². The van der Waals surface area contributed by atoms with Crippen LogP contribution < -0.4 is 5.32 Å². The highest BCUT2D eigenvalue weighted by atomic mass is 32.2. The normalized spacial score (nSPS) is 12.9. The second-order valence-electron chi connectivity index (χ2n) is 3.22. The van der Waals surface area contributed by atoms with Gasteiger partial charge in [0.15, 0.2) is 4.34 Å². The third-order valence-electron chi connectivity index (χ3n) is 1.49. The van der Waals surface area contributed by atoms with Crippen molar-refractivity contribution < 1.29 is 4.79 Å². The maximum atomic E-state index is 11.5. The average molecular weight is 230 g/mol. The van der Waals surface area contributed by atoms with Crippen molar-refractivity contribution in [2.45, 2.75) is 36.4 Å². The molecule has 0 radical (unpaired) electrons. The molecule has 0 aliphatic carbocycles. The Balaban J connectivity index is 2.42. The van der Waals surface area contributed by atoms with Gasteiger partial charge in [-0.2, -0.15) is 0 Å². The summed E-state index contributed by atoms with van der Waals surface area (Å²) in [5.74, 6) is 0.0696. The van der Waals surface area contributed by atoms with Gasteiger partial charge in [-0.05, 0) is 20.8 Å². The summed E-state index contributed by atoms with van der Waals surface area (Å²) < 4.78 is 0.941. The lowest BCUT2D eigenvalue weighted by Gasteiger charge is -2.12.